The molecule has 3 rings (SSSR count). The zero-order chi connectivity index (χ0) is 18.9. The van der Waals surface area contributed by atoms with Crippen LogP contribution >= 0.6 is 0 Å². The lowest BCUT2D eigenvalue weighted by atomic mass is 9.95. The van der Waals surface area contributed by atoms with Gasteiger partial charge in [0, 0.05) is 38.7 Å². The lowest BCUT2D eigenvalue weighted by molar-refractivity contribution is 0.117. The molecule has 1 aliphatic rings. The van der Waals surface area contributed by atoms with Crippen LogP contribution in [0, 0.1) is 6.92 Å². The summed E-state index contributed by atoms with van der Waals surface area (Å²) in [5.74, 6) is 2.82. The molecule has 3 heterocycles. The van der Waals surface area contributed by atoms with Crippen LogP contribution < -0.4 is 4.90 Å². The molecule has 8 nitrogen and oxygen atoms in total. The molecule has 0 aromatic carbocycles. The molecule has 142 valence electrons. The predicted molar refractivity (Wildman–Crippen MR) is 96.0 cm³/mol. The van der Waals surface area contributed by atoms with Crippen molar-refractivity contribution in [3.05, 3.63) is 29.3 Å². The minimum atomic E-state index is -0.171. The van der Waals surface area contributed by atoms with Crippen LogP contribution in [0.2, 0.25) is 0 Å². The number of aromatic nitrogens is 4. The first-order valence-electron chi connectivity index (χ1n) is 8.79. The summed E-state index contributed by atoms with van der Waals surface area (Å²) in [5.41, 5.74) is 0.680. The lowest BCUT2D eigenvalue weighted by Crippen LogP contribution is -2.28. The first-order valence-corrected chi connectivity index (χ1v) is 8.79. The van der Waals surface area contributed by atoms with Crippen molar-refractivity contribution in [1.82, 2.24) is 20.1 Å². The largest absolute Gasteiger partial charge is 0.380 e. The molecule has 0 spiro atoms. The molecule has 2 unspecified atom stereocenters. The fourth-order valence-electron chi connectivity index (χ4n) is 3.09. The second kappa shape index (κ2) is 7.28. The molecule has 0 saturated carbocycles. The van der Waals surface area contributed by atoms with Gasteiger partial charge in [-0.15, -0.1) is 0 Å². The van der Waals surface area contributed by atoms with Crippen molar-refractivity contribution in [2.75, 3.05) is 25.7 Å². The third kappa shape index (κ3) is 3.86. The van der Waals surface area contributed by atoms with Gasteiger partial charge < -0.3 is 18.9 Å². The maximum Gasteiger partial charge on any atom is 0.249 e. The quantitative estimate of drug-likeness (QED) is 0.803. The highest BCUT2D eigenvalue weighted by Gasteiger charge is 2.38. The van der Waals surface area contributed by atoms with Crippen molar-refractivity contribution in [2.45, 2.75) is 58.3 Å². The van der Waals surface area contributed by atoms with Gasteiger partial charge in [0.25, 0.3) is 0 Å². The fraction of sp³-hybridized carbons (Fsp3) is 0.667. The van der Waals surface area contributed by atoms with E-state index in [1.54, 1.807) is 14.2 Å². The van der Waals surface area contributed by atoms with Crippen LogP contribution in [0.25, 0.3) is 0 Å². The van der Waals surface area contributed by atoms with E-state index in [4.69, 9.17) is 19.0 Å². The third-order valence-corrected chi connectivity index (χ3v) is 4.45. The summed E-state index contributed by atoms with van der Waals surface area (Å²) in [6, 6.07) is 1.90. The van der Waals surface area contributed by atoms with Crippen molar-refractivity contribution in [1.29, 1.82) is 0 Å². The number of anilines is 1. The standard InChI is InChI=1S/C18H27N5O3/c1-11-19-16(26-22-11)14-8-13(25-6)9-23(14)15-7-12(10-24-5)20-17(21-15)18(2,3)4/h7,13-14H,8-10H2,1-6H3. The molecular formula is C18H27N5O3. The average molecular weight is 361 g/mol. The van der Waals surface area contributed by atoms with Gasteiger partial charge in [-0.3, -0.25) is 0 Å². The first-order chi connectivity index (χ1) is 12.3. The fourth-order valence-corrected chi connectivity index (χ4v) is 3.09. The molecule has 0 amide bonds. The summed E-state index contributed by atoms with van der Waals surface area (Å²) in [4.78, 5) is 16.1. The van der Waals surface area contributed by atoms with Crippen LogP contribution in [0.15, 0.2) is 10.6 Å². The van der Waals surface area contributed by atoms with Gasteiger partial charge in [0.15, 0.2) is 5.82 Å². The highest BCUT2D eigenvalue weighted by molar-refractivity contribution is 5.44. The molecule has 0 radical (unpaired) electrons. The van der Waals surface area contributed by atoms with E-state index < -0.39 is 0 Å². The number of nitrogens with zero attached hydrogens (tertiary/aromatic N) is 5. The molecule has 0 aliphatic carbocycles. The average Bonchev–Trinajstić information content (AvgIpc) is 3.20. The number of hydrogen-bond donors (Lipinski definition) is 0. The van der Waals surface area contributed by atoms with E-state index in [0.29, 0.717) is 24.9 Å². The van der Waals surface area contributed by atoms with Crippen LogP contribution in [0.4, 0.5) is 5.82 Å². The maximum atomic E-state index is 5.60. The van der Waals surface area contributed by atoms with E-state index in [1.165, 1.54) is 0 Å². The van der Waals surface area contributed by atoms with Gasteiger partial charge in [0.2, 0.25) is 5.89 Å². The number of rotatable bonds is 5. The topological polar surface area (TPSA) is 86.4 Å². The zero-order valence-electron chi connectivity index (χ0n) is 16.3. The van der Waals surface area contributed by atoms with E-state index in [9.17, 15) is 0 Å². The van der Waals surface area contributed by atoms with E-state index in [-0.39, 0.29) is 17.6 Å². The van der Waals surface area contributed by atoms with Gasteiger partial charge in [0.1, 0.15) is 17.7 Å². The predicted octanol–water partition coefficient (Wildman–Crippen LogP) is 2.58. The van der Waals surface area contributed by atoms with Crippen molar-refractivity contribution in [3.8, 4) is 0 Å². The Morgan fingerprint density at radius 3 is 2.58 bits per heavy atom. The highest BCUT2D eigenvalue weighted by Crippen LogP contribution is 2.36. The molecule has 2 aromatic heterocycles. The molecule has 0 N–H and O–H groups in total. The van der Waals surface area contributed by atoms with Crippen LogP contribution in [0.3, 0.4) is 0 Å². The maximum absolute atomic E-state index is 5.60. The van der Waals surface area contributed by atoms with E-state index >= 15 is 0 Å². The van der Waals surface area contributed by atoms with Gasteiger partial charge in [0.05, 0.1) is 18.4 Å². The monoisotopic (exact) mass is 361 g/mol. The van der Waals surface area contributed by atoms with Gasteiger partial charge in [-0.05, 0) is 6.92 Å². The molecule has 26 heavy (non-hydrogen) atoms. The second-order valence-corrected chi connectivity index (χ2v) is 7.67. The molecule has 1 saturated heterocycles. The van der Waals surface area contributed by atoms with Crippen LogP contribution in [-0.2, 0) is 21.5 Å². The van der Waals surface area contributed by atoms with E-state index in [2.05, 4.69) is 40.8 Å². The summed E-state index contributed by atoms with van der Waals surface area (Å²) in [6.07, 6.45) is 0.846. The summed E-state index contributed by atoms with van der Waals surface area (Å²) in [5, 5.41) is 3.94. The molecule has 0 bridgehead atoms. The summed E-state index contributed by atoms with van der Waals surface area (Å²) < 4.78 is 16.3. The summed E-state index contributed by atoms with van der Waals surface area (Å²) in [6.45, 7) is 9.26. The van der Waals surface area contributed by atoms with Crippen LogP contribution in [0.5, 0.6) is 0 Å². The van der Waals surface area contributed by atoms with Crippen LogP contribution in [0.1, 0.15) is 56.5 Å². The Morgan fingerprint density at radius 1 is 1.23 bits per heavy atom. The third-order valence-electron chi connectivity index (χ3n) is 4.45. The van der Waals surface area contributed by atoms with E-state index in [1.807, 2.05) is 13.0 Å². The van der Waals surface area contributed by atoms with Crippen LogP contribution in [-0.4, -0.2) is 47.0 Å². The Morgan fingerprint density at radius 2 is 2.00 bits per heavy atom. The van der Waals surface area contributed by atoms with Crippen molar-refractivity contribution >= 4 is 5.82 Å². The Labute approximate surface area is 153 Å². The SMILES string of the molecule is COCc1cc(N2CC(OC)CC2c2nc(C)no2)nc(C(C)(C)C)n1. The summed E-state index contributed by atoms with van der Waals surface area (Å²) in [7, 11) is 3.39. The number of ether oxygens (including phenoxy) is 2. The molecular weight excluding hydrogens is 334 g/mol. The first kappa shape index (κ1) is 18.7. The number of hydrogen-bond acceptors (Lipinski definition) is 8. The minimum Gasteiger partial charge on any atom is -0.380 e. The zero-order valence-corrected chi connectivity index (χ0v) is 16.3. The summed E-state index contributed by atoms with van der Waals surface area (Å²) >= 11 is 0. The number of methoxy groups -OCH3 is 2. The molecule has 2 aromatic rings. The molecule has 1 fully saturated rings. The smallest absolute Gasteiger partial charge is 0.249 e. The highest BCUT2D eigenvalue weighted by atomic mass is 16.5. The minimum absolute atomic E-state index is 0.0701. The number of aryl methyl sites for hydroxylation is 1. The van der Waals surface area contributed by atoms with Crippen molar-refractivity contribution < 1.29 is 14.0 Å². The molecule has 1 aliphatic heterocycles. The molecule has 2 atom stereocenters. The van der Waals surface area contributed by atoms with Crippen molar-refractivity contribution in [3.63, 3.8) is 0 Å². The Kier molecular flexibility index (Phi) is 5.24. The van der Waals surface area contributed by atoms with Gasteiger partial charge in [-0.2, -0.15) is 4.98 Å². The Bertz CT molecular complexity index is 756. The Balaban J connectivity index is 2.02. The lowest BCUT2D eigenvalue weighted by Gasteiger charge is -2.26. The van der Waals surface area contributed by atoms with Gasteiger partial charge >= 0.3 is 0 Å². The van der Waals surface area contributed by atoms with Gasteiger partial charge in [-0.1, -0.05) is 25.9 Å². The van der Waals surface area contributed by atoms with Gasteiger partial charge in [-0.25, -0.2) is 9.97 Å². The van der Waals surface area contributed by atoms with E-state index in [0.717, 1.165) is 23.8 Å². The second-order valence-electron chi connectivity index (χ2n) is 7.67. The molecule has 8 heteroatoms. The normalized spacial score (nSPS) is 20.8. The Hall–Kier alpha value is -2.06. The van der Waals surface area contributed by atoms with Crippen molar-refractivity contribution in [2.24, 2.45) is 0 Å².